The zero-order valence-electron chi connectivity index (χ0n) is 11.1. The van der Waals surface area contributed by atoms with Crippen molar-refractivity contribution in [2.24, 2.45) is 5.73 Å². The Balaban J connectivity index is 2.33. The molecule has 2 aromatic rings. The predicted octanol–water partition coefficient (Wildman–Crippen LogP) is 4.28. The molecule has 1 unspecified atom stereocenters. The Morgan fingerprint density at radius 3 is 2.53 bits per heavy atom. The molecule has 0 aliphatic heterocycles. The number of rotatable bonds is 2. The summed E-state index contributed by atoms with van der Waals surface area (Å²) >= 11 is 7.34. The first-order chi connectivity index (χ1) is 8.77. The molecule has 1 atom stereocenters. The third kappa shape index (κ3) is 3.32. The fourth-order valence-electron chi connectivity index (χ4n) is 1.67. The van der Waals surface area contributed by atoms with E-state index in [1.165, 1.54) is 23.5 Å². The number of thiazole rings is 1. The molecule has 2 N–H and O–H groups in total. The van der Waals surface area contributed by atoms with Crippen molar-refractivity contribution in [2.45, 2.75) is 32.2 Å². The number of halogens is 2. The fraction of sp³-hybridized carbons (Fsp3) is 0.357. The van der Waals surface area contributed by atoms with Crippen molar-refractivity contribution in [2.75, 3.05) is 0 Å². The van der Waals surface area contributed by atoms with Gasteiger partial charge in [0, 0.05) is 15.8 Å². The van der Waals surface area contributed by atoms with Gasteiger partial charge < -0.3 is 5.73 Å². The van der Waals surface area contributed by atoms with Crippen molar-refractivity contribution >= 4 is 22.9 Å². The molecule has 19 heavy (non-hydrogen) atoms. The molecule has 5 heteroatoms. The second kappa shape index (κ2) is 5.19. The van der Waals surface area contributed by atoms with Crippen molar-refractivity contribution in [1.82, 2.24) is 4.98 Å². The summed E-state index contributed by atoms with van der Waals surface area (Å²) < 4.78 is 13.3. The van der Waals surface area contributed by atoms with Crippen LogP contribution in [0.3, 0.4) is 0 Å². The van der Waals surface area contributed by atoms with Crippen molar-refractivity contribution in [3.05, 3.63) is 50.7 Å². The molecule has 0 bridgehead atoms. The van der Waals surface area contributed by atoms with Gasteiger partial charge in [0.25, 0.3) is 0 Å². The molecule has 0 spiro atoms. The monoisotopic (exact) mass is 298 g/mol. The summed E-state index contributed by atoms with van der Waals surface area (Å²) in [5.41, 5.74) is 7.74. The largest absolute Gasteiger partial charge is 0.318 e. The summed E-state index contributed by atoms with van der Waals surface area (Å²) in [7, 11) is 0. The van der Waals surface area contributed by atoms with Crippen molar-refractivity contribution < 1.29 is 4.39 Å². The standard InChI is InChI=1S/C14H16ClFN2S/c1-14(2,3)11-7-19-13(18-11)12(17)8-4-9(15)6-10(16)5-8/h4-7,12H,17H2,1-3H3. The molecular weight excluding hydrogens is 283 g/mol. The lowest BCUT2D eigenvalue weighted by Crippen LogP contribution is -2.15. The minimum absolute atomic E-state index is 0.0198. The molecule has 2 nitrogen and oxygen atoms in total. The molecule has 2 rings (SSSR count). The number of hydrogen-bond donors (Lipinski definition) is 1. The molecule has 1 aromatic heterocycles. The Labute approximate surface area is 121 Å². The first-order valence-electron chi connectivity index (χ1n) is 5.95. The lowest BCUT2D eigenvalue weighted by Gasteiger charge is -2.15. The summed E-state index contributed by atoms with van der Waals surface area (Å²) in [5.74, 6) is -0.384. The highest BCUT2D eigenvalue weighted by Crippen LogP contribution is 2.29. The van der Waals surface area contributed by atoms with E-state index in [1.807, 2.05) is 5.38 Å². The molecule has 0 saturated carbocycles. The minimum Gasteiger partial charge on any atom is -0.318 e. The summed E-state index contributed by atoms with van der Waals surface area (Å²) in [6, 6.07) is 3.89. The third-order valence-corrected chi connectivity index (χ3v) is 3.95. The van der Waals surface area contributed by atoms with E-state index < -0.39 is 6.04 Å². The maximum Gasteiger partial charge on any atom is 0.125 e. The van der Waals surface area contributed by atoms with Crippen LogP contribution in [0.2, 0.25) is 5.02 Å². The van der Waals surface area contributed by atoms with E-state index in [-0.39, 0.29) is 11.2 Å². The normalized spacial score (nSPS) is 13.6. The van der Waals surface area contributed by atoms with Crippen LogP contribution in [0, 0.1) is 5.82 Å². The van der Waals surface area contributed by atoms with Gasteiger partial charge in [0.05, 0.1) is 11.7 Å². The predicted molar refractivity (Wildman–Crippen MR) is 78.3 cm³/mol. The van der Waals surface area contributed by atoms with Crippen molar-refractivity contribution in [3.8, 4) is 0 Å². The molecule has 0 saturated heterocycles. The Hall–Kier alpha value is -0.970. The molecule has 0 aliphatic carbocycles. The average molecular weight is 299 g/mol. The highest BCUT2D eigenvalue weighted by molar-refractivity contribution is 7.09. The molecule has 1 aromatic carbocycles. The Morgan fingerprint density at radius 1 is 1.32 bits per heavy atom. The van der Waals surface area contributed by atoms with E-state index in [1.54, 1.807) is 6.07 Å². The molecular formula is C14H16ClFN2S. The number of benzene rings is 1. The van der Waals surface area contributed by atoms with E-state index in [4.69, 9.17) is 17.3 Å². The van der Waals surface area contributed by atoms with Crippen LogP contribution < -0.4 is 5.73 Å². The van der Waals surface area contributed by atoms with Crippen LogP contribution in [-0.2, 0) is 5.41 Å². The average Bonchev–Trinajstić information content (AvgIpc) is 2.75. The number of nitrogens with zero attached hydrogens (tertiary/aromatic N) is 1. The number of hydrogen-bond acceptors (Lipinski definition) is 3. The van der Waals surface area contributed by atoms with Crippen molar-refractivity contribution in [1.29, 1.82) is 0 Å². The molecule has 1 heterocycles. The molecule has 0 amide bonds. The van der Waals surface area contributed by atoms with Crippen LogP contribution in [0.25, 0.3) is 0 Å². The molecule has 102 valence electrons. The van der Waals surface area contributed by atoms with Gasteiger partial charge in [0.15, 0.2) is 0 Å². The van der Waals surface area contributed by atoms with Gasteiger partial charge in [0.1, 0.15) is 10.8 Å². The van der Waals surface area contributed by atoms with Crippen LogP contribution in [0.1, 0.15) is 43.1 Å². The van der Waals surface area contributed by atoms with Crippen LogP contribution in [0.15, 0.2) is 23.6 Å². The molecule has 0 fully saturated rings. The number of aromatic nitrogens is 1. The highest BCUT2D eigenvalue weighted by atomic mass is 35.5. The first kappa shape index (κ1) is 14.4. The first-order valence-corrected chi connectivity index (χ1v) is 7.20. The SMILES string of the molecule is CC(C)(C)c1csc(C(N)c2cc(F)cc(Cl)c2)n1. The number of nitrogens with two attached hydrogens (primary N) is 1. The quantitative estimate of drug-likeness (QED) is 0.898. The van der Waals surface area contributed by atoms with Crippen LogP contribution in [0.5, 0.6) is 0 Å². The van der Waals surface area contributed by atoms with E-state index in [0.717, 1.165) is 10.7 Å². The van der Waals surface area contributed by atoms with Gasteiger partial charge >= 0.3 is 0 Å². The zero-order chi connectivity index (χ0) is 14.2. The summed E-state index contributed by atoms with van der Waals surface area (Å²) in [6.07, 6.45) is 0. The fourth-order valence-corrected chi connectivity index (χ4v) is 2.97. The smallest absolute Gasteiger partial charge is 0.125 e. The van der Waals surface area contributed by atoms with Gasteiger partial charge in [-0.2, -0.15) is 0 Å². The zero-order valence-corrected chi connectivity index (χ0v) is 12.6. The maximum atomic E-state index is 13.3. The minimum atomic E-state index is -0.450. The van der Waals surface area contributed by atoms with E-state index in [0.29, 0.717) is 10.6 Å². The lowest BCUT2D eigenvalue weighted by molar-refractivity contribution is 0.569. The Bertz CT molecular complexity index is 569. The van der Waals surface area contributed by atoms with E-state index >= 15 is 0 Å². The van der Waals surface area contributed by atoms with Crippen LogP contribution in [0.4, 0.5) is 4.39 Å². The molecule has 0 aliphatic rings. The topological polar surface area (TPSA) is 38.9 Å². The summed E-state index contributed by atoms with van der Waals surface area (Å²) in [5, 5.41) is 3.11. The van der Waals surface area contributed by atoms with Gasteiger partial charge in [-0.05, 0) is 23.8 Å². The maximum absolute atomic E-state index is 13.3. The summed E-state index contributed by atoms with van der Waals surface area (Å²) in [4.78, 5) is 4.55. The van der Waals surface area contributed by atoms with Crippen molar-refractivity contribution in [3.63, 3.8) is 0 Å². The van der Waals surface area contributed by atoms with Gasteiger partial charge in [0.2, 0.25) is 0 Å². The lowest BCUT2D eigenvalue weighted by atomic mass is 9.93. The van der Waals surface area contributed by atoms with E-state index in [2.05, 4.69) is 25.8 Å². The van der Waals surface area contributed by atoms with Gasteiger partial charge in [-0.3, -0.25) is 0 Å². The van der Waals surface area contributed by atoms with Gasteiger partial charge in [-0.1, -0.05) is 32.4 Å². The molecule has 0 radical (unpaired) electrons. The van der Waals surface area contributed by atoms with Gasteiger partial charge in [-0.25, -0.2) is 9.37 Å². The Kier molecular flexibility index (Phi) is 3.95. The van der Waals surface area contributed by atoms with E-state index in [9.17, 15) is 4.39 Å². The highest BCUT2D eigenvalue weighted by Gasteiger charge is 2.20. The summed E-state index contributed by atoms with van der Waals surface area (Å²) in [6.45, 7) is 6.28. The second-order valence-electron chi connectivity index (χ2n) is 5.50. The van der Waals surface area contributed by atoms with Crippen LogP contribution in [-0.4, -0.2) is 4.98 Å². The Morgan fingerprint density at radius 2 is 2.00 bits per heavy atom. The second-order valence-corrected chi connectivity index (χ2v) is 6.83. The van der Waals surface area contributed by atoms with Crippen LogP contribution >= 0.6 is 22.9 Å². The van der Waals surface area contributed by atoms with Gasteiger partial charge in [-0.15, -0.1) is 11.3 Å². The third-order valence-electron chi connectivity index (χ3n) is 2.80.